The first-order valence-corrected chi connectivity index (χ1v) is 8.06. The fraction of sp³-hybridized carbons (Fsp3) is 0.353. The van der Waals surface area contributed by atoms with Crippen molar-refractivity contribution >= 4 is 22.6 Å². The van der Waals surface area contributed by atoms with Crippen molar-refractivity contribution in [3.05, 3.63) is 51.4 Å². The van der Waals surface area contributed by atoms with Gasteiger partial charge in [-0.3, -0.25) is 9.36 Å². The molecule has 0 amide bonds. The first-order chi connectivity index (χ1) is 11.7. The van der Waals surface area contributed by atoms with Crippen LogP contribution in [-0.2, 0) is 12.1 Å². The Morgan fingerprint density at radius 1 is 1.32 bits per heavy atom. The van der Waals surface area contributed by atoms with Crippen molar-refractivity contribution in [2.45, 2.75) is 32.9 Å². The van der Waals surface area contributed by atoms with Gasteiger partial charge in [0.15, 0.2) is 5.65 Å². The maximum absolute atomic E-state index is 14.2. The van der Waals surface area contributed by atoms with Gasteiger partial charge in [0, 0.05) is 5.56 Å². The second kappa shape index (κ2) is 6.15. The van der Waals surface area contributed by atoms with E-state index in [0.29, 0.717) is 16.8 Å². The number of nitrogens with zero attached hydrogens (tertiary/aromatic N) is 4. The number of methoxy groups -OCH3 is 1. The molecule has 6 nitrogen and oxygen atoms in total. The summed E-state index contributed by atoms with van der Waals surface area (Å²) < 4.78 is 22.3. The molecule has 1 aromatic carbocycles. The third kappa shape index (κ3) is 3.00. The van der Waals surface area contributed by atoms with Crippen LogP contribution >= 0.6 is 11.6 Å². The molecule has 2 aromatic heterocycles. The van der Waals surface area contributed by atoms with E-state index in [1.54, 1.807) is 4.68 Å². The lowest BCUT2D eigenvalue weighted by atomic mass is 10.1. The molecular formula is C17H18ClFN4O2. The standard InChI is InChI=1S/C17H18ClFN4O2/c1-17(2,3)23-15-10(7-21-23)16(24)22(9-20-15)8-11-12(19)5-6-13(25-4)14(11)18/h5-7,9H,8H2,1-4H3. The molecule has 8 heteroatoms. The Hall–Kier alpha value is -2.41. The molecule has 2 heterocycles. The molecule has 0 fully saturated rings. The van der Waals surface area contributed by atoms with Gasteiger partial charge in [-0.1, -0.05) is 11.6 Å². The number of rotatable bonds is 3. The summed E-state index contributed by atoms with van der Waals surface area (Å²) in [5, 5.41) is 4.77. The monoisotopic (exact) mass is 364 g/mol. The Morgan fingerprint density at radius 3 is 2.68 bits per heavy atom. The fourth-order valence-corrected chi connectivity index (χ4v) is 2.89. The van der Waals surface area contributed by atoms with Gasteiger partial charge in [-0.2, -0.15) is 5.10 Å². The van der Waals surface area contributed by atoms with Crippen molar-refractivity contribution in [3.63, 3.8) is 0 Å². The van der Waals surface area contributed by atoms with E-state index in [1.807, 2.05) is 20.8 Å². The third-order valence-corrected chi connectivity index (χ3v) is 4.30. The van der Waals surface area contributed by atoms with Crippen molar-refractivity contribution in [2.24, 2.45) is 0 Å². The zero-order valence-electron chi connectivity index (χ0n) is 14.4. The molecule has 0 saturated carbocycles. The largest absolute Gasteiger partial charge is 0.495 e. The summed E-state index contributed by atoms with van der Waals surface area (Å²) in [5.41, 5.74) is 0.0486. The molecule has 0 unspecified atom stereocenters. The molecule has 0 saturated heterocycles. The van der Waals surface area contributed by atoms with Crippen LogP contribution in [0.4, 0.5) is 4.39 Å². The summed E-state index contributed by atoms with van der Waals surface area (Å²) in [6.45, 7) is 5.86. The normalized spacial score (nSPS) is 11.9. The van der Waals surface area contributed by atoms with Crippen LogP contribution in [0.15, 0.2) is 29.5 Å². The number of fused-ring (bicyclic) bond motifs is 1. The average Bonchev–Trinajstić information content (AvgIpc) is 2.98. The first-order valence-electron chi connectivity index (χ1n) is 7.68. The van der Waals surface area contributed by atoms with Gasteiger partial charge in [-0.15, -0.1) is 0 Å². The minimum Gasteiger partial charge on any atom is -0.495 e. The van der Waals surface area contributed by atoms with Crippen molar-refractivity contribution in [2.75, 3.05) is 7.11 Å². The van der Waals surface area contributed by atoms with Crippen LogP contribution in [0.25, 0.3) is 11.0 Å². The zero-order chi connectivity index (χ0) is 18.4. The quantitative estimate of drug-likeness (QED) is 0.716. The second-order valence-corrected chi connectivity index (χ2v) is 7.06. The lowest BCUT2D eigenvalue weighted by Gasteiger charge is -2.19. The highest BCUT2D eigenvalue weighted by molar-refractivity contribution is 6.32. The van der Waals surface area contributed by atoms with Gasteiger partial charge in [-0.25, -0.2) is 14.1 Å². The van der Waals surface area contributed by atoms with E-state index in [-0.39, 0.29) is 28.2 Å². The Morgan fingerprint density at radius 2 is 2.04 bits per heavy atom. The second-order valence-electron chi connectivity index (χ2n) is 6.68. The van der Waals surface area contributed by atoms with E-state index in [0.717, 1.165) is 0 Å². The van der Waals surface area contributed by atoms with Gasteiger partial charge >= 0.3 is 0 Å². The Labute approximate surface area is 148 Å². The van der Waals surface area contributed by atoms with E-state index in [1.165, 1.54) is 36.3 Å². The zero-order valence-corrected chi connectivity index (χ0v) is 15.1. The molecular weight excluding hydrogens is 347 g/mol. The number of ether oxygens (including phenoxy) is 1. The van der Waals surface area contributed by atoms with Crippen LogP contribution in [0, 0.1) is 5.82 Å². The van der Waals surface area contributed by atoms with Crippen molar-refractivity contribution < 1.29 is 9.13 Å². The summed E-state index contributed by atoms with van der Waals surface area (Å²) in [4.78, 5) is 17.1. The number of halogens is 2. The van der Waals surface area contributed by atoms with E-state index < -0.39 is 5.82 Å². The average molecular weight is 365 g/mol. The van der Waals surface area contributed by atoms with Gasteiger partial charge in [-0.05, 0) is 32.9 Å². The van der Waals surface area contributed by atoms with Gasteiger partial charge in [0.25, 0.3) is 5.56 Å². The Balaban J connectivity index is 2.10. The van der Waals surface area contributed by atoms with Gasteiger partial charge in [0.05, 0.1) is 30.4 Å². The molecule has 0 atom stereocenters. The highest BCUT2D eigenvalue weighted by Crippen LogP contribution is 2.30. The van der Waals surface area contributed by atoms with Crippen LogP contribution in [0.2, 0.25) is 5.02 Å². The highest BCUT2D eigenvalue weighted by atomic mass is 35.5. The topological polar surface area (TPSA) is 61.9 Å². The van der Waals surface area contributed by atoms with E-state index in [4.69, 9.17) is 16.3 Å². The smallest absolute Gasteiger partial charge is 0.264 e. The molecule has 0 bridgehead atoms. The molecule has 3 rings (SSSR count). The summed E-state index contributed by atoms with van der Waals surface area (Å²) in [7, 11) is 1.45. The van der Waals surface area contributed by atoms with Crippen molar-refractivity contribution in [3.8, 4) is 5.75 Å². The summed E-state index contributed by atoms with van der Waals surface area (Å²) in [6.07, 6.45) is 2.86. The van der Waals surface area contributed by atoms with Crippen LogP contribution < -0.4 is 10.3 Å². The predicted octanol–water partition coefficient (Wildman–Crippen LogP) is 3.20. The first kappa shape index (κ1) is 17.4. The number of aromatic nitrogens is 4. The molecule has 25 heavy (non-hydrogen) atoms. The minimum atomic E-state index is -0.511. The van der Waals surface area contributed by atoms with Gasteiger partial charge in [0.1, 0.15) is 23.3 Å². The van der Waals surface area contributed by atoms with Gasteiger partial charge < -0.3 is 4.74 Å². The number of hydrogen-bond acceptors (Lipinski definition) is 4. The van der Waals surface area contributed by atoms with E-state index in [2.05, 4.69) is 10.1 Å². The van der Waals surface area contributed by atoms with E-state index >= 15 is 0 Å². The maximum atomic E-state index is 14.2. The van der Waals surface area contributed by atoms with Crippen molar-refractivity contribution in [1.82, 2.24) is 19.3 Å². The highest BCUT2D eigenvalue weighted by Gasteiger charge is 2.20. The van der Waals surface area contributed by atoms with Crippen molar-refractivity contribution in [1.29, 1.82) is 0 Å². The molecule has 0 N–H and O–H groups in total. The molecule has 132 valence electrons. The summed E-state index contributed by atoms with van der Waals surface area (Å²) >= 11 is 6.18. The summed E-state index contributed by atoms with van der Waals surface area (Å²) in [5.74, 6) is -0.163. The van der Waals surface area contributed by atoms with Crippen LogP contribution in [-0.4, -0.2) is 26.4 Å². The Bertz CT molecular complexity index is 1000. The van der Waals surface area contributed by atoms with Gasteiger partial charge in [0.2, 0.25) is 0 Å². The molecule has 0 aliphatic carbocycles. The van der Waals surface area contributed by atoms with Crippen LogP contribution in [0.1, 0.15) is 26.3 Å². The Kier molecular flexibility index (Phi) is 4.28. The minimum absolute atomic E-state index is 0.0513. The van der Waals surface area contributed by atoms with E-state index in [9.17, 15) is 9.18 Å². The molecule has 0 aliphatic rings. The maximum Gasteiger partial charge on any atom is 0.264 e. The SMILES string of the molecule is COc1ccc(F)c(Cn2cnc3c(cnn3C(C)(C)C)c2=O)c1Cl. The molecule has 3 aromatic rings. The lowest BCUT2D eigenvalue weighted by Crippen LogP contribution is -2.25. The fourth-order valence-electron chi connectivity index (χ4n) is 2.60. The predicted molar refractivity (Wildman–Crippen MR) is 93.8 cm³/mol. The lowest BCUT2D eigenvalue weighted by molar-refractivity contribution is 0.365. The van der Waals surface area contributed by atoms with Crippen LogP contribution in [0.5, 0.6) is 5.75 Å². The molecule has 0 spiro atoms. The van der Waals surface area contributed by atoms with Crippen LogP contribution in [0.3, 0.4) is 0 Å². The third-order valence-electron chi connectivity index (χ3n) is 3.89. The number of benzene rings is 1. The molecule has 0 aliphatic heterocycles. The number of hydrogen-bond donors (Lipinski definition) is 0. The summed E-state index contributed by atoms with van der Waals surface area (Å²) in [6, 6.07) is 2.70. The molecule has 0 radical (unpaired) electrons.